The van der Waals surface area contributed by atoms with E-state index in [1.807, 2.05) is 0 Å². The van der Waals surface area contributed by atoms with Gasteiger partial charge in [0.05, 0.1) is 16.1 Å². The van der Waals surface area contributed by atoms with E-state index in [2.05, 4.69) is 26.9 Å². The first-order valence-corrected chi connectivity index (χ1v) is 12.6. The summed E-state index contributed by atoms with van der Waals surface area (Å²) in [6.07, 6.45) is 2.65. The first kappa shape index (κ1) is 26.3. The number of hydrazone groups is 1. The molecule has 2 aliphatic heterocycles. The van der Waals surface area contributed by atoms with Crippen molar-refractivity contribution in [3.05, 3.63) is 64.6 Å². The molecule has 6 N–H and O–H groups in total. The van der Waals surface area contributed by atoms with Gasteiger partial charge in [-0.25, -0.2) is 9.93 Å². The van der Waals surface area contributed by atoms with Gasteiger partial charge in [0.25, 0.3) is 5.91 Å². The lowest BCUT2D eigenvalue weighted by molar-refractivity contribution is -0.138. The molecule has 0 unspecified atom stereocenters. The number of carbonyl (C=O) groups excluding carboxylic acids is 3. The van der Waals surface area contributed by atoms with Gasteiger partial charge < -0.3 is 25.3 Å². The monoisotopic (exact) mass is 556 g/mol. The van der Waals surface area contributed by atoms with Gasteiger partial charge in [-0.2, -0.15) is 0 Å². The Morgan fingerprint density at radius 1 is 1.26 bits per heavy atom. The molecule has 0 spiro atoms. The van der Waals surface area contributed by atoms with Crippen LogP contribution in [-0.2, 0) is 22.7 Å². The Labute approximate surface area is 227 Å². The van der Waals surface area contributed by atoms with Gasteiger partial charge in [-0.05, 0) is 31.0 Å². The van der Waals surface area contributed by atoms with Crippen LogP contribution < -0.4 is 32.3 Å². The fraction of sp³-hybridized carbons (Fsp3) is 0.280. The van der Waals surface area contributed by atoms with E-state index < -0.39 is 17.8 Å². The van der Waals surface area contributed by atoms with Crippen molar-refractivity contribution in [2.75, 3.05) is 13.2 Å². The molecule has 5 rings (SSSR count). The summed E-state index contributed by atoms with van der Waals surface area (Å²) < 4.78 is 21.6. The van der Waals surface area contributed by atoms with Crippen molar-refractivity contribution in [2.24, 2.45) is 10.8 Å². The number of nitrogens with two attached hydrogens (primary N) is 1. The van der Waals surface area contributed by atoms with Gasteiger partial charge in [-0.3, -0.25) is 19.8 Å². The average molecular weight is 557 g/mol. The third kappa shape index (κ3) is 5.59. The van der Waals surface area contributed by atoms with Gasteiger partial charge in [0, 0.05) is 36.3 Å². The van der Waals surface area contributed by atoms with Crippen LogP contribution in [0.4, 0.5) is 4.39 Å². The second kappa shape index (κ2) is 11.2. The molecule has 0 radical (unpaired) electrons. The summed E-state index contributed by atoms with van der Waals surface area (Å²) in [4.78, 5) is 39.9. The number of ether oxygens (including phenoxy) is 1. The fourth-order valence-corrected chi connectivity index (χ4v) is 4.89. The number of likely N-dealkylation sites (tertiary alicyclic amines) is 1. The maximum absolute atomic E-state index is 14.2. The van der Waals surface area contributed by atoms with Gasteiger partial charge in [0.15, 0.2) is 5.84 Å². The molecule has 1 aromatic heterocycles. The Morgan fingerprint density at radius 3 is 2.87 bits per heavy atom. The summed E-state index contributed by atoms with van der Waals surface area (Å²) in [5.74, 6) is -0.870. The highest BCUT2D eigenvalue weighted by Gasteiger charge is 2.34. The van der Waals surface area contributed by atoms with Crippen LogP contribution in [0.15, 0.2) is 47.7 Å². The normalized spacial score (nSPS) is 16.5. The number of fused-ring (bicyclic) bond motifs is 1. The van der Waals surface area contributed by atoms with Crippen LogP contribution in [0.25, 0.3) is 10.9 Å². The number of amidine groups is 1. The topological polar surface area (TPSA) is 155 Å². The zero-order valence-corrected chi connectivity index (χ0v) is 21.4. The molecule has 2 aliphatic rings. The second-order valence-corrected chi connectivity index (χ2v) is 9.51. The summed E-state index contributed by atoms with van der Waals surface area (Å²) in [5, 5.41) is 7.20. The Balaban J connectivity index is 1.30. The van der Waals surface area contributed by atoms with Gasteiger partial charge in [-0.1, -0.05) is 23.7 Å². The molecule has 1 atom stereocenters. The largest absolute Gasteiger partial charge is 0.485 e. The lowest BCUT2D eigenvalue weighted by atomic mass is 10.1. The van der Waals surface area contributed by atoms with Gasteiger partial charge in [0.1, 0.15) is 30.8 Å². The number of nitrogens with zero attached hydrogens (tertiary/aromatic N) is 3. The van der Waals surface area contributed by atoms with Crippen molar-refractivity contribution in [3.63, 3.8) is 0 Å². The highest BCUT2D eigenvalue weighted by atomic mass is 35.5. The highest BCUT2D eigenvalue weighted by molar-refractivity contribution is 6.30. The number of hydrogen-bond acceptors (Lipinski definition) is 8. The number of halogens is 2. The molecule has 3 heterocycles. The minimum absolute atomic E-state index is 0.0276. The minimum atomic E-state index is -0.696. The molecule has 1 fully saturated rings. The maximum atomic E-state index is 14.2. The summed E-state index contributed by atoms with van der Waals surface area (Å²) in [6, 6.07) is 8.98. The minimum Gasteiger partial charge on any atom is -0.485 e. The molecular weight excluding hydrogens is 531 g/mol. The third-order valence-corrected chi connectivity index (χ3v) is 6.91. The van der Waals surface area contributed by atoms with Gasteiger partial charge in [-0.15, -0.1) is 10.6 Å². The molecule has 0 saturated carbocycles. The number of nitrogens with one attached hydrogen (secondary N) is 4. The van der Waals surface area contributed by atoms with Crippen LogP contribution in [0, 0.1) is 5.82 Å². The SMILES string of the molecule is NC(=O)c1cn(CC(=O)N2CCC[C@H]2C(=O)NCc2cccc(Cl)c2F)c2cc(OCC3=NNNN3)ccc12. The number of rotatable bonds is 9. The average Bonchev–Trinajstić information content (AvgIpc) is 3.68. The summed E-state index contributed by atoms with van der Waals surface area (Å²) >= 11 is 5.82. The predicted octanol–water partition coefficient (Wildman–Crippen LogP) is 1.14. The number of hydrazine groups is 2. The Hall–Kier alpha value is -4.36. The van der Waals surface area contributed by atoms with Crippen LogP contribution in [0.2, 0.25) is 5.02 Å². The van der Waals surface area contributed by atoms with Crippen molar-refractivity contribution in [2.45, 2.75) is 32.0 Å². The van der Waals surface area contributed by atoms with Gasteiger partial charge in [0.2, 0.25) is 11.8 Å². The van der Waals surface area contributed by atoms with E-state index in [-0.39, 0.29) is 47.7 Å². The van der Waals surface area contributed by atoms with Crippen LogP contribution in [0.1, 0.15) is 28.8 Å². The van der Waals surface area contributed by atoms with E-state index in [1.165, 1.54) is 23.2 Å². The number of aromatic nitrogens is 1. The number of primary amides is 1. The fourth-order valence-electron chi connectivity index (χ4n) is 4.69. The van der Waals surface area contributed by atoms with E-state index in [4.69, 9.17) is 22.1 Å². The lowest BCUT2D eigenvalue weighted by Gasteiger charge is -2.24. The summed E-state index contributed by atoms with van der Waals surface area (Å²) in [5.41, 5.74) is 14.6. The first-order valence-electron chi connectivity index (χ1n) is 12.2. The number of benzene rings is 2. The standard InChI is InChI=1S/C25H26ClFN8O4/c26-18-4-1-3-14(23(18)27)10-29-25(38)19-5-2-8-35(19)22(36)12-34-11-17(24(28)37)16-7-6-15(9-20(16)34)39-13-21-30-32-33-31-21/h1,3-4,6-7,9,11,19,32-33H,2,5,8,10,12-13H2,(H2,28,37)(H,29,38)(H,30,31)/t19-/m0/s1. The smallest absolute Gasteiger partial charge is 0.250 e. The molecule has 3 amide bonds. The van der Waals surface area contributed by atoms with E-state index in [1.54, 1.807) is 28.8 Å². The zero-order chi connectivity index (χ0) is 27.5. The van der Waals surface area contributed by atoms with Crippen molar-refractivity contribution >= 4 is 46.1 Å². The molecule has 0 bridgehead atoms. The highest BCUT2D eigenvalue weighted by Crippen LogP contribution is 2.27. The maximum Gasteiger partial charge on any atom is 0.250 e. The van der Waals surface area contributed by atoms with Crippen LogP contribution >= 0.6 is 11.6 Å². The summed E-state index contributed by atoms with van der Waals surface area (Å²) in [6.45, 7) is 0.375. The first-order chi connectivity index (χ1) is 18.8. The van der Waals surface area contributed by atoms with E-state index in [9.17, 15) is 18.8 Å². The molecule has 0 aliphatic carbocycles. The van der Waals surface area contributed by atoms with E-state index >= 15 is 0 Å². The third-order valence-electron chi connectivity index (χ3n) is 6.61. The lowest BCUT2D eigenvalue weighted by Crippen LogP contribution is -2.46. The van der Waals surface area contributed by atoms with Crippen molar-refractivity contribution in [1.29, 1.82) is 0 Å². The van der Waals surface area contributed by atoms with Crippen molar-refractivity contribution in [1.82, 2.24) is 31.3 Å². The molecule has 2 aromatic carbocycles. The summed E-state index contributed by atoms with van der Waals surface area (Å²) in [7, 11) is 0. The molecule has 3 aromatic rings. The molecule has 204 valence electrons. The van der Waals surface area contributed by atoms with Gasteiger partial charge >= 0.3 is 0 Å². The Kier molecular flexibility index (Phi) is 7.52. The second-order valence-electron chi connectivity index (χ2n) is 9.10. The molecule has 12 nitrogen and oxygen atoms in total. The van der Waals surface area contributed by atoms with Crippen molar-refractivity contribution in [3.8, 4) is 5.75 Å². The van der Waals surface area contributed by atoms with Crippen molar-refractivity contribution < 1.29 is 23.5 Å². The molecule has 14 heteroatoms. The van der Waals surface area contributed by atoms with Crippen LogP contribution in [0.5, 0.6) is 5.75 Å². The van der Waals surface area contributed by atoms with Crippen LogP contribution in [-0.4, -0.2) is 52.2 Å². The predicted molar refractivity (Wildman–Crippen MR) is 141 cm³/mol. The number of carbonyl (C=O) groups is 3. The molecule has 1 saturated heterocycles. The molecular formula is C25H26ClFN8O4. The molecule has 39 heavy (non-hydrogen) atoms. The van der Waals surface area contributed by atoms with E-state index in [0.29, 0.717) is 41.9 Å². The quantitative estimate of drug-likeness (QED) is 0.265. The van der Waals surface area contributed by atoms with E-state index in [0.717, 1.165) is 0 Å². The Morgan fingerprint density at radius 2 is 2.10 bits per heavy atom. The Bertz CT molecular complexity index is 1480. The van der Waals surface area contributed by atoms with Crippen LogP contribution in [0.3, 0.4) is 0 Å². The number of hydrogen-bond donors (Lipinski definition) is 5. The zero-order valence-electron chi connectivity index (χ0n) is 20.7. The number of amides is 3.